The molecule has 0 saturated carbocycles. The highest BCUT2D eigenvalue weighted by Gasteiger charge is 2.34. The molecule has 0 radical (unpaired) electrons. The SMILES string of the molecule is CCOC1CCCN(C(=O)COC2(C)CNC2)C1. The van der Waals surface area contributed by atoms with Crippen LogP contribution in [0.5, 0.6) is 0 Å². The molecule has 1 amide bonds. The standard InChI is InChI=1S/C13H24N2O3/c1-3-17-11-5-4-6-15(7-11)12(16)8-18-13(2)9-14-10-13/h11,14H,3-10H2,1-2H3. The minimum absolute atomic E-state index is 0.0903. The zero-order valence-corrected chi connectivity index (χ0v) is 11.4. The number of likely N-dealkylation sites (tertiary alicyclic amines) is 1. The van der Waals surface area contributed by atoms with Crippen LogP contribution in [0.15, 0.2) is 0 Å². The van der Waals surface area contributed by atoms with Crippen LogP contribution >= 0.6 is 0 Å². The second-order valence-electron chi connectivity index (χ2n) is 5.40. The fourth-order valence-corrected chi connectivity index (χ4v) is 2.44. The Hall–Kier alpha value is -0.650. The summed E-state index contributed by atoms with van der Waals surface area (Å²) in [4.78, 5) is 13.9. The van der Waals surface area contributed by atoms with Crippen molar-refractivity contribution in [2.24, 2.45) is 0 Å². The van der Waals surface area contributed by atoms with Crippen LogP contribution in [0, 0.1) is 0 Å². The van der Waals surface area contributed by atoms with Gasteiger partial charge in [0, 0.05) is 32.8 Å². The van der Waals surface area contributed by atoms with E-state index in [4.69, 9.17) is 9.47 Å². The number of ether oxygens (including phenoxy) is 2. The van der Waals surface area contributed by atoms with E-state index < -0.39 is 0 Å². The molecule has 0 aromatic rings. The van der Waals surface area contributed by atoms with Gasteiger partial charge in [-0.2, -0.15) is 0 Å². The molecule has 5 nitrogen and oxygen atoms in total. The van der Waals surface area contributed by atoms with Crippen molar-refractivity contribution in [3.63, 3.8) is 0 Å². The molecular weight excluding hydrogens is 232 g/mol. The predicted octanol–water partition coefficient (Wildman–Crippen LogP) is 0.392. The van der Waals surface area contributed by atoms with Gasteiger partial charge in [0.2, 0.25) is 5.91 Å². The van der Waals surface area contributed by atoms with Crippen molar-refractivity contribution < 1.29 is 14.3 Å². The highest BCUT2D eigenvalue weighted by molar-refractivity contribution is 5.77. The van der Waals surface area contributed by atoms with E-state index in [1.807, 2.05) is 18.7 Å². The maximum Gasteiger partial charge on any atom is 0.248 e. The number of hydrogen-bond acceptors (Lipinski definition) is 4. The summed E-state index contributed by atoms with van der Waals surface area (Å²) in [5.74, 6) is 0.0903. The molecule has 0 aliphatic carbocycles. The predicted molar refractivity (Wildman–Crippen MR) is 68.5 cm³/mol. The number of amides is 1. The first-order chi connectivity index (χ1) is 8.63. The Balaban J connectivity index is 1.74. The Labute approximate surface area is 109 Å². The molecular formula is C13H24N2O3. The summed E-state index contributed by atoms with van der Waals surface area (Å²) in [7, 11) is 0. The lowest BCUT2D eigenvalue weighted by Gasteiger charge is -2.40. The van der Waals surface area contributed by atoms with Crippen LogP contribution in [0.3, 0.4) is 0 Å². The molecule has 2 aliphatic heterocycles. The third kappa shape index (κ3) is 3.43. The summed E-state index contributed by atoms with van der Waals surface area (Å²) in [5.41, 5.74) is -0.148. The van der Waals surface area contributed by atoms with Gasteiger partial charge in [0.15, 0.2) is 0 Å². The van der Waals surface area contributed by atoms with E-state index in [1.165, 1.54) is 0 Å². The van der Waals surface area contributed by atoms with Gasteiger partial charge in [0.1, 0.15) is 6.61 Å². The van der Waals surface area contributed by atoms with Gasteiger partial charge in [-0.25, -0.2) is 0 Å². The highest BCUT2D eigenvalue weighted by atomic mass is 16.5. The van der Waals surface area contributed by atoms with E-state index in [-0.39, 0.29) is 24.2 Å². The monoisotopic (exact) mass is 256 g/mol. The second-order valence-corrected chi connectivity index (χ2v) is 5.40. The van der Waals surface area contributed by atoms with E-state index in [0.29, 0.717) is 13.2 Å². The fourth-order valence-electron chi connectivity index (χ4n) is 2.44. The molecule has 18 heavy (non-hydrogen) atoms. The molecule has 1 atom stereocenters. The van der Waals surface area contributed by atoms with Crippen molar-refractivity contribution in [3.8, 4) is 0 Å². The Morgan fingerprint density at radius 3 is 2.89 bits per heavy atom. The molecule has 2 rings (SSSR count). The van der Waals surface area contributed by atoms with Crippen LogP contribution in [0.4, 0.5) is 0 Å². The summed E-state index contributed by atoms with van der Waals surface area (Å²) >= 11 is 0. The van der Waals surface area contributed by atoms with Crippen LogP contribution in [0.2, 0.25) is 0 Å². The van der Waals surface area contributed by atoms with Gasteiger partial charge in [-0.05, 0) is 26.7 Å². The Bertz CT molecular complexity index is 290. The normalized spacial score (nSPS) is 26.8. The first-order valence-corrected chi connectivity index (χ1v) is 6.87. The van der Waals surface area contributed by atoms with Gasteiger partial charge in [0.25, 0.3) is 0 Å². The van der Waals surface area contributed by atoms with Crippen LogP contribution in [-0.2, 0) is 14.3 Å². The van der Waals surface area contributed by atoms with E-state index >= 15 is 0 Å². The van der Waals surface area contributed by atoms with Crippen LogP contribution in [0.25, 0.3) is 0 Å². The zero-order chi connectivity index (χ0) is 13.0. The average Bonchev–Trinajstić information content (AvgIpc) is 2.34. The summed E-state index contributed by atoms with van der Waals surface area (Å²) in [6.45, 7) is 8.16. The first-order valence-electron chi connectivity index (χ1n) is 6.87. The molecule has 0 spiro atoms. The van der Waals surface area contributed by atoms with E-state index in [1.54, 1.807) is 0 Å². The van der Waals surface area contributed by atoms with Crippen LogP contribution in [-0.4, -0.2) is 61.9 Å². The Morgan fingerprint density at radius 2 is 2.28 bits per heavy atom. The fraction of sp³-hybridized carbons (Fsp3) is 0.923. The van der Waals surface area contributed by atoms with Gasteiger partial charge in [0.05, 0.1) is 11.7 Å². The van der Waals surface area contributed by atoms with Crippen LogP contribution in [0.1, 0.15) is 26.7 Å². The summed E-state index contributed by atoms with van der Waals surface area (Å²) in [5, 5.41) is 3.16. The summed E-state index contributed by atoms with van der Waals surface area (Å²) in [6.07, 6.45) is 2.28. The molecule has 0 aromatic carbocycles. The third-order valence-electron chi connectivity index (χ3n) is 3.68. The number of hydrogen-bond donors (Lipinski definition) is 1. The van der Waals surface area contributed by atoms with Gasteiger partial charge in [-0.15, -0.1) is 0 Å². The largest absolute Gasteiger partial charge is 0.377 e. The number of piperidine rings is 1. The van der Waals surface area contributed by atoms with E-state index in [9.17, 15) is 4.79 Å². The lowest BCUT2D eigenvalue weighted by Crippen LogP contribution is -2.60. The highest BCUT2D eigenvalue weighted by Crippen LogP contribution is 2.17. The van der Waals surface area contributed by atoms with Gasteiger partial charge >= 0.3 is 0 Å². The molecule has 2 saturated heterocycles. The number of nitrogens with one attached hydrogen (secondary N) is 1. The van der Waals surface area contributed by atoms with E-state index in [0.717, 1.165) is 32.5 Å². The molecule has 5 heteroatoms. The number of rotatable bonds is 5. The lowest BCUT2D eigenvalue weighted by atomic mass is 10.0. The quantitative estimate of drug-likeness (QED) is 0.773. The molecule has 104 valence electrons. The van der Waals surface area contributed by atoms with Crippen molar-refractivity contribution in [1.82, 2.24) is 10.2 Å². The Kier molecular flexibility index (Phi) is 4.59. The second kappa shape index (κ2) is 5.99. The van der Waals surface area contributed by atoms with Gasteiger partial charge in [-0.1, -0.05) is 0 Å². The molecule has 0 bridgehead atoms. The van der Waals surface area contributed by atoms with Crippen molar-refractivity contribution in [2.45, 2.75) is 38.4 Å². The minimum atomic E-state index is -0.148. The molecule has 2 fully saturated rings. The minimum Gasteiger partial charge on any atom is -0.377 e. The zero-order valence-electron chi connectivity index (χ0n) is 11.4. The maximum absolute atomic E-state index is 12.1. The summed E-state index contributed by atoms with van der Waals surface area (Å²) in [6, 6.07) is 0. The average molecular weight is 256 g/mol. The molecule has 2 heterocycles. The van der Waals surface area contributed by atoms with Crippen molar-refractivity contribution >= 4 is 5.91 Å². The van der Waals surface area contributed by atoms with Gasteiger partial charge in [-0.3, -0.25) is 4.79 Å². The number of carbonyl (C=O) groups excluding carboxylic acids is 1. The molecule has 2 aliphatic rings. The molecule has 0 aromatic heterocycles. The first kappa shape index (κ1) is 13.8. The van der Waals surface area contributed by atoms with E-state index in [2.05, 4.69) is 5.32 Å². The summed E-state index contributed by atoms with van der Waals surface area (Å²) < 4.78 is 11.3. The molecule has 1 N–H and O–H groups in total. The number of carbonyl (C=O) groups is 1. The van der Waals surface area contributed by atoms with Crippen molar-refractivity contribution in [2.75, 3.05) is 39.4 Å². The number of nitrogens with zero attached hydrogens (tertiary/aromatic N) is 1. The van der Waals surface area contributed by atoms with Crippen LogP contribution < -0.4 is 5.32 Å². The smallest absolute Gasteiger partial charge is 0.248 e. The van der Waals surface area contributed by atoms with Crippen molar-refractivity contribution in [1.29, 1.82) is 0 Å². The van der Waals surface area contributed by atoms with Gasteiger partial charge < -0.3 is 19.7 Å². The third-order valence-corrected chi connectivity index (χ3v) is 3.68. The Morgan fingerprint density at radius 1 is 1.50 bits per heavy atom. The maximum atomic E-state index is 12.1. The molecule has 1 unspecified atom stereocenters. The topological polar surface area (TPSA) is 50.8 Å². The lowest BCUT2D eigenvalue weighted by molar-refractivity contribution is -0.149. The van der Waals surface area contributed by atoms with Crippen molar-refractivity contribution in [3.05, 3.63) is 0 Å².